The smallest absolute Gasteiger partial charge is 0.261 e. The molecule has 1 fully saturated rings. The van der Waals surface area contributed by atoms with Gasteiger partial charge in [0.25, 0.3) is 11.1 Å². The molecular formula is C17H22N2O2S. The van der Waals surface area contributed by atoms with Crippen LogP contribution in [-0.2, 0) is 15.1 Å². The molecule has 4 nitrogen and oxygen atoms in total. The number of hydrogen-bond acceptors (Lipinski definition) is 3. The summed E-state index contributed by atoms with van der Waals surface area (Å²) in [5.74, 6) is 0.0226. The van der Waals surface area contributed by atoms with Crippen LogP contribution in [0, 0.1) is 6.92 Å². The normalized spacial score (nSPS) is 26.3. The molecule has 118 valence electrons. The second-order valence-corrected chi connectivity index (χ2v) is 6.58. The highest BCUT2D eigenvalue weighted by atomic mass is 32.1. The molecular weight excluding hydrogens is 296 g/mol. The first-order chi connectivity index (χ1) is 10.5. The average molecular weight is 318 g/mol. The van der Waals surface area contributed by atoms with E-state index in [0.29, 0.717) is 5.17 Å². The number of nitrogens with zero attached hydrogens (tertiary/aromatic N) is 1. The van der Waals surface area contributed by atoms with Crippen molar-refractivity contribution in [3.8, 4) is 0 Å². The second kappa shape index (κ2) is 5.54. The van der Waals surface area contributed by atoms with Crippen LogP contribution in [0.2, 0.25) is 0 Å². The fraction of sp³-hybridized carbons (Fsp3) is 0.529. The third-order valence-electron chi connectivity index (χ3n) is 4.68. The summed E-state index contributed by atoms with van der Waals surface area (Å²) in [5.41, 5.74) is 2.22. The highest BCUT2D eigenvalue weighted by Gasteiger charge is 2.60. The van der Waals surface area contributed by atoms with Gasteiger partial charge in [0, 0.05) is 18.3 Å². The van der Waals surface area contributed by atoms with E-state index < -0.39 is 5.54 Å². The average Bonchev–Trinajstić information content (AvgIpc) is 2.92. The Morgan fingerprint density at radius 2 is 2.18 bits per heavy atom. The highest BCUT2D eigenvalue weighted by Crippen LogP contribution is 2.46. The lowest BCUT2D eigenvalue weighted by molar-refractivity contribution is -0.125. The van der Waals surface area contributed by atoms with E-state index in [1.807, 2.05) is 26.1 Å². The Kier molecular flexibility index (Phi) is 3.85. The molecule has 2 atom stereocenters. The van der Waals surface area contributed by atoms with Gasteiger partial charge in [0.2, 0.25) is 0 Å². The Bertz CT molecular complexity index is 631. The molecule has 1 N–H and O–H groups in total. The van der Waals surface area contributed by atoms with E-state index in [0.717, 1.165) is 42.5 Å². The summed E-state index contributed by atoms with van der Waals surface area (Å²) in [4.78, 5) is 14.7. The number of carbonyl (C=O) groups excluding carboxylic acids is 1. The summed E-state index contributed by atoms with van der Waals surface area (Å²) in [6.07, 6.45) is 3.90. The molecule has 1 aromatic rings. The van der Waals surface area contributed by atoms with E-state index >= 15 is 0 Å². The van der Waals surface area contributed by atoms with Crippen LogP contribution in [0.15, 0.2) is 18.2 Å². The minimum absolute atomic E-state index is 0.0226. The fourth-order valence-corrected chi connectivity index (χ4v) is 3.80. The van der Waals surface area contributed by atoms with Crippen LogP contribution >= 0.6 is 12.2 Å². The van der Waals surface area contributed by atoms with E-state index in [4.69, 9.17) is 17.0 Å². The topological polar surface area (TPSA) is 41.6 Å². The number of fused-ring (bicyclic) bond motifs is 2. The summed E-state index contributed by atoms with van der Waals surface area (Å²) in [7, 11) is 1.82. The SMILES string of the molecule is CCCCC[C@@H]1OC(=S)N[C@@]12C(=O)N(C)c1ccc(C)cc12. The van der Waals surface area contributed by atoms with Crippen LogP contribution in [0.3, 0.4) is 0 Å². The zero-order valence-corrected chi connectivity index (χ0v) is 14.1. The molecule has 3 rings (SSSR count). The van der Waals surface area contributed by atoms with Crippen molar-refractivity contribution in [3.05, 3.63) is 29.3 Å². The van der Waals surface area contributed by atoms with Crippen LogP contribution in [0.25, 0.3) is 0 Å². The molecule has 2 aliphatic rings. The summed E-state index contributed by atoms with van der Waals surface area (Å²) in [6, 6.07) is 6.11. The Balaban J connectivity index is 2.05. The Morgan fingerprint density at radius 1 is 1.41 bits per heavy atom. The second-order valence-electron chi connectivity index (χ2n) is 6.21. The molecule has 0 bridgehead atoms. The molecule has 0 aromatic heterocycles. The standard InChI is InChI=1S/C17H22N2O2S/c1-4-5-6-7-14-17(18-16(22)21-14)12-10-11(2)8-9-13(12)19(3)15(17)20/h8-10,14H,4-7H2,1-3H3,(H,18,22)/t14-,17+/m0/s1. The zero-order valence-electron chi connectivity index (χ0n) is 13.3. The molecule has 2 heterocycles. The van der Waals surface area contributed by atoms with Gasteiger partial charge in [-0.3, -0.25) is 4.79 Å². The molecule has 0 radical (unpaired) electrons. The quantitative estimate of drug-likeness (QED) is 0.684. The third-order valence-corrected chi connectivity index (χ3v) is 4.88. The van der Waals surface area contributed by atoms with Crippen LogP contribution in [0.5, 0.6) is 0 Å². The molecule has 2 aliphatic heterocycles. The maximum atomic E-state index is 13.0. The number of rotatable bonds is 4. The number of thiocarbonyl (C=S) groups is 1. The highest BCUT2D eigenvalue weighted by molar-refractivity contribution is 7.80. The first-order valence-corrected chi connectivity index (χ1v) is 8.29. The molecule has 5 heteroatoms. The molecule has 22 heavy (non-hydrogen) atoms. The van der Waals surface area contributed by atoms with Crippen molar-refractivity contribution < 1.29 is 9.53 Å². The Hall–Kier alpha value is -1.62. The first kappa shape index (κ1) is 15.3. The molecule has 0 saturated carbocycles. The molecule has 1 aromatic carbocycles. The summed E-state index contributed by atoms with van der Waals surface area (Å²) in [5, 5.41) is 3.52. The van der Waals surface area contributed by atoms with Gasteiger partial charge in [-0.25, -0.2) is 0 Å². The monoisotopic (exact) mass is 318 g/mol. The van der Waals surface area contributed by atoms with Crippen molar-refractivity contribution >= 4 is 29.0 Å². The number of carbonyl (C=O) groups is 1. The van der Waals surface area contributed by atoms with Crippen molar-refractivity contribution in [3.63, 3.8) is 0 Å². The molecule has 0 aliphatic carbocycles. The molecule has 1 spiro atoms. The zero-order chi connectivity index (χ0) is 15.9. The Labute approximate surface area is 136 Å². The van der Waals surface area contributed by atoms with Crippen molar-refractivity contribution in [2.75, 3.05) is 11.9 Å². The van der Waals surface area contributed by atoms with Gasteiger partial charge in [0.15, 0.2) is 5.54 Å². The maximum Gasteiger partial charge on any atom is 0.261 e. The maximum absolute atomic E-state index is 13.0. The predicted molar refractivity (Wildman–Crippen MR) is 91.0 cm³/mol. The number of likely N-dealkylation sites (N-methyl/N-ethyl adjacent to an activating group) is 1. The van der Waals surface area contributed by atoms with Crippen molar-refractivity contribution in [2.24, 2.45) is 0 Å². The first-order valence-electron chi connectivity index (χ1n) is 7.88. The molecule has 1 saturated heterocycles. The van der Waals surface area contributed by atoms with E-state index in [1.54, 1.807) is 4.90 Å². The van der Waals surface area contributed by atoms with Crippen LogP contribution in [0.1, 0.15) is 43.7 Å². The minimum atomic E-state index is -0.846. The summed E-state index contributed by atoms with van der Waals surface area (Å²) in [6.45, 7) is 4.21. The van der Waals surface area contributed by atoms with Gasteiger partial charge < -0.3 is 15.0 Å². The lowest BCUT2D eigenvalue weighted by atomic mass is 9.83. The van der Waals surface area contributed by atoms with Crippen LogP contribution in [-0.4, -0.2) is 24.2 Å². The summed E-state index contributed by atoms with van der Waals surface area (Å²) >= 11 is 5.23. The van der Waals surface area contributed by atoms with Gasteiger partial charge in [0.1, 0.15) is 6.10 Å². The molecule has 1 amide bonds. The number of anilines is 1. The van der Waals surface area contributed by atoms with Crippen LogP contribution in [0.4, 0.5) is 5.69 Å². The van der Waals surface area contributed by atoms with Gasteiger partial charge in [0.05, 0.1) is 0 Å². The van der Waals surface area contributed by atoms with E-state index in [2.05, 4.69) is 18.3 Å². The lowest BCUT2D eigenvalue weighted by Gasteiger charge is -2.27. The largest absolute Gasteiger partial charge is 0.464 e. The van der Waals surface area contributed by atoms with Gasteiger partial charge in [-0.05, 0) is 38.0 Å². The van der Waals surface area contributed by atoms with Crippen molar-refractivity contribution in [2.45, 2.75) is 51.2 Å². The van der Waals surface area contributed by atoms with Gasteiger partial charge in [-0.1, -0.05) is 37.5 Å². The van der Waals surface area contributed by atoms with Gasteiger partial charge in [-0.2, -0.15) is 0 Å². The predicted octanol–water partition coefficient (Wildman–Crippen LogP) is 3.02. The number of amides is 1. The third kappa shape index (κ3) is 2.10. The van der Waals surface area contributed by atoms with E-state index in [9.17, 15) is 4.79 Å². The van der Waals surface area contributed by atoms with Crippen molar-refractivity contribution in [1.29, 1.82) is 0 Å². The Morgan fingerprint density at radius 3 is 2.91 bits per heavy atom. The molecule has 0 unspecified atom stereocenters. The van der Waals surface area contributed by atoms with Crippen LogP contribution < -0.4 is 10.2 Å². The van der Waals surface area contributed by atoms with Gasteiger partial charge in [-0.15, -0.1) is 0 Å². The number of ether oxygens (including phenoxy) is 1. The lowest BCUT2D eigenvalue weighted by Crippen LogP contribution is -2.52. The number of aryl methyl sites for hydroxylation is 1. The number of unbranched alkanes of at least 4 members (excludes halogenated alkanes) is 2. The number of nitrogens with one attached hydrogen (secondary N) is 1. The minimum Gasteiger partial charge on any atom is -0.464 e. The number of hydrogen-bond donors (Lipinski definition) is 1. The van der Waals surface area contributed by atoms with Crippen molar-refractivity contribution in [1.82, 2.24) is 5.32 Å². The fourth-order valence-electron chi connectivity index (χ4n) is 3.52. The van der Waals surface area contributed by atoms with E-state index in [-0.39, 0.29) is 12.0 Å². The van der Waals surface area contributed by atoms with Gasteiger partial charge >= 0.3 is 0 Å². The summed E-state index contributed by atoms with van der Waals surface area (Å²) < 4.78 is 5.83. The number of benzene rings is 1. The van der Waals surface area contributed by atoms with E-state index in [1.165, 1.54) is 0 Å².